The van der Waals surface area contributed by atoms with Crippen molar-refractivity contribution in [2.45, 2.75) is 38.5 Å². The number of carbonyl (C=O) groups excluding carboxylic acids is 1. The third-order valence-corrected chi connectivity index (χ3v) is 3.82. The molecule has 0 heterocycles. The highest BCUT2D eigenvalue weighted by Gasteiger charge is 2.37. The van der Waals surface area contributed by atoms with Gasteiger partial charge in [0.05, 0.1) is 0 Å². The lowest BCUT2D eigenvalue weighted by Crippen LogP contribution is -2.35. The molecule has 0 aliphatic heterocycles. The molecule has 1 nitrogen and oxygen atoms in total. The summed E-state index contributed by atoms with van der Waals surface area (Å²) in [4.78, 5) is 11.6. The van der Waals surface area contributed by atoms with E-state index in [2.05, 4.69) is 6.58 Å². The van der Waals surface area contributed by atoms with E-state index in [4.69, 9.17) is 0 Å². The SMILES string of the molecule is C=CC1C(=O)CCC2CCCCC21. The van der Waals surface area contributed by atoms with Crippen LogP contribution in [0.15, 0.2) is 12.7 Å². The second-order valence-electron chi connectivity index (χ2n) is 4.47. The van der Waals surface area contributed by atoms with Gasteiger partial charge < -0.3 is 0 Å². The molecule has 0 N–H and O–H groups in total. The highest BCUT2D eigenvalue weighted by molar-refractivity contribution is 5.83. The summed E-state index contributed by atoms with van der Waals surface area (Å²) in [5.41, 5.74) is 0. The molecular weight excluding hydrogens is 160 g/mol. The summed E-state index contributed by atoms with van der Waals surface area (Å²) in [6, 6.07) is 0. The first kappa shape index (κ1) is 8.98. The molecule has 2 aliphatic carbocycles. The minimum Gasteiger partial charge on any atom is -0.299 e. The fourth-order valence-electron chi connectivity index (χ4n) is 3.11. The minimum absolute atomic E-state index is 0.194. The Bertz CT molecular complexity index is 219. The zero-order valence-electron chi connectivity index (χ0n) is 8.17. The van der Waals surface area contributed by atoms with Crippen LogP contribution in [0.2, 0.25) is 0 Å². The topological polar surface area (TPSA) is 17.1 Å². The van der Waals surface area contributed by atoms with Gasteiger partial charge in [0.1, 0.15) is 5.78 Å². The van der Waals surface area contributed by atoms with Crippen molar-refractivity contribution in [1.82, 2.24) is 0 Å². The van der Waals surface area contributed by atoms with Crippen LogP contribution in [0.5, 0.6) is 0 Å². The molecule has 0 aromatic rings. The lowest BCUT2D eigenvalue weighted by Gasteiger charge is -2.39. The number of ketones is 1. The number of fused-ring (bicyclic) bond motifs is 1. The summed E-state index contributed by atoms with van der Waals surface area (Å²) in [6.07, 6.45) is 9.14. The van der Waals surface area contributed by atoms with E-state index in [0.717, 1.165) is 18.8 Å². The molecule has 2 aliphatic rings. The van der Waals surface area contributed by atoms with Crippen LogP contribution >= 0.6 is 0 Å². The number of hydrogen-bond acceptors (Lipinski definition) is 1. The molecule has 3 atom stereocenters. The van der Waals surface area contributed by atoms with Crippen molar-refractivity contribution in [2.24, 2.45) is 17.8 Å². The molecule has 0 spiro atoms. The quantitative estimate of drug-likeness (QED) is 0.564. The van der Waals surface area contributed by atoms with E-state index in [-0.39, 0.29) is 5.92 Å². The first-order chi connectivity index (χ1) is 6.33. The summed E-state index contributed by atoms with van der Waals surface area (Å²) < 4.78 is 0. The zero-order chi connectivity index (χ0) is 9.26. The average Bonchev–Trinajstić information content (AvgIpc) is 2.18. The molecule has 0 radical (unpaired) electrons. The Kier molecular flexibility index (Phi) is 2.52. The predicted molar refractivity (Wildman–Crippen MR) is 53.4 cm³/mol. The lowest BCUT2D eigenvalue weighted by molar-refractivity contribution is -0.127. The Balaban J connectivity index is 2.13. The van der Waals surface area contributed by atoms with Gasteiger partial charge >= 0.3 is 0 Å². The van der Waals surface area contributed by atoms with Crippen LogP contribution in [0.3, 0.4) is 0 Å². The van der Waals surface area contributed by atoms with Gasteiger partial charge in [0.2, 0.25) is 0 Å². The van der Waals surface area contributed by atoms with Gasteiger partial charge in [-0.2, -0.15) is 0 Å². The number of allylic oxidation sites excluding steroid dienone is 1. The molecule has 2 fully saturated rings. The molecule has 0 saturated heterocycles. The average molecular weight is 178 g/mol. The molecule has 72 valence electrons. The predicted octanol–water partition coefficient (Wildman–Crippen LogP) is 2.96. The second kappa shape index (κ2) is 3.65. The number of rotatable bonds is 1. The molecular formula is C12H18O. The normalized spacial score (nSPS) is 39.7. The molecule has 3 unspecified atom stereocenters. The van der Waals surface area contributed by atoms with Crippen molar-refractivity contribution in [1.29, 1.82) is 0 Å². The van der Waals surface area contributed by atoms with Crippen LogP contribution in [-0.2, 0) is 4.79 Å². The van der Waals surface area contributed by atoms with Crippen molar-refractivity contribution in [2.75, 3.05) is 0 Å². The monoisotopic (exact) mass is 178 g/mol. The van der Waals surface area contributed by atoms with E-state index in [0.29, 0.717) is 11.7 Å². The highest BCUT2D eigenvalue weighted by atomic mass is 16.1. The Morgan fingerprint density at radius 1 is 1.23 bits per heavy atom. The fourth-order valence-corrected chi connectivity index (χ4v) is 3.11. The Labute approximate surface area is 80.2 Å². The van der Waals surface area contributed by atoms with Crippen molar-refractivity contribution >= 4 is 5.78 Å². The van der Waals surface area contributed by atoms with Gasteiger partial charge in [0, 0.05) is 12.3 Å². The minimum atomic E-state index is 0.194. The summed E-state index contributed by atoms with van der Waals surface area (Å²) in [5.74, 6) is 2.11. The third-order valence-electron chi connectivity index (χ3n) is 3.82. The summed E-state index contributed by atoms with van der Waals surface area (Å²) in [5, 5.41) is 0. The van der Waals surface area contributed by atoms with E-state index < -0.39 is 0 Å². The van der Waals surface area contributed by atoms with E-state index >= 15 is 0 Å². The van der Waals surface area contributed by atoms with E-state index in [1.807, 2.05) is 6.08 Å². The van der Waals surface area contributed by atoms with Crippen molar-refractivity contribution in [3.05, 3.63) is 12.7 Å². The number of Topliss-reactive ketones (excluding diaryl/α,β-unsaturated/α-hetero) is 1. The fraction of sp³-hybridized carbons (Fsp3) is 0.750. The number of hydrogen-bond donors (Lipinski definition) is 0. The third kappa shape index (κ3) is 1.56. The summed E-state index contributed by atoms with van der Waals surface area (Å²) in [6.45, 7) is 3.80. The van der Waals surface area contributed by atoms with Crippen LogP contribution in [0.25, 0.3) is 0 Å². The van der Waals surface area contributed by atoms with Gasteiger partial charge in [-0.15, -0.1) is 6.58 Å². The molecule has 0 aromatic carbocycles. The van der Waals surface area contributed by atoms with Gasteiger partial charge in [-0.1, -0.05) is 25.3 Å². The van der Waals surface area contributed by atoms with Crippen LogP contribution in [0.1, 0.15) is 38.5 Å². The molecule has 0 aromatic heterocycles. The zero-order valence-corrected chi connectivity index (χ0v) is 8.17. The van der Waals surface area contributed by atoms with Gasteiger partial charge in [-0.25, -0.2) is 0 Å². The van der Waals surface area contributed by atoms with Gasteiger partial charge in [0.15, 0.2) is 0 Å². The maximum Gasteiger partial charge on any atom is 0.140 e. The van der Waals surface area contributed by atoms with Gasteiger partial charge in [-0.05, 0) is 24.7 Å². The first-order valence-corrected chi connectivity index (χ1v) is 5.48. The summed E-state index contributed by atoms with van der Waals surface area (Å²) >= 11 is 0. The van der Waals surface area contributed by atoms with Crippen molar-refractivity contribution < 1.29 is 4.79 Å². The molecule has 0 bridgehead atoms. The smallest absolute Gasteiger partial charge is 0.140 e. The standard InChI is InChI=1S/C12H18O/c1-2-10-11-6-4-3-5-9(11)7-8-12(10)13/h2,9-11H,1,3-8H2. The van der Waals surface area contributed by atoms with Crippen LogP contribution in [0, 0.1) is 17.8 Å². The summed E-state index contributed by atoms with van der Waals surface area (Å²) in [7, 11) is 0. The number of carbonyl (C=O) groups is 1. The van der Waals surface area contributed by atoms with Crippen LogP contribution in [0.4, 0.5) is 0 Å². The maximum atomic E-state index is 11.6. The Morgan fingerprint density at radius 3 is 2.77 bits per heavy atom. The molecule has 2 saturated carbocycles. The van der Waals surface area contributed by atoms with Crippen LogP contribution in [-0.4, -0.2) is 5.78 Å². The van der Waals surface area contributed by atoms with Gasteiger partial charge in [0.25, 0.3) is 0 Å². The lowest BCUT2D eigenvalue weighted by atomic mass is 9.65. The first-order valence-electron chi connectivity index (χ1n) is 5.48. The Morgan fingerprint density at radius 2 is 2.00 bits per heavy atom. The van der Waals surface area contributed by atoms with Crippen LogP contribution < -0.4 is 0 Å². The van der Waals surface area contributed by atoms with Crippen molar-refractivity contribution in [3.8, 4) is 0 Å². The largest absolute Gasteiger partial charge is 0.299 e. The molecule has 0 amide bonds. The highest BCUT2D eigenvalue weighted by Crippen LogP contribution is 2.42. The molecule has 1 heteroatoms. The molecule has 2 rings (SSSR count). The van der Waals surface area contributed by atoms with E-state index in [9.17, 15) is 4.79 Å². The maximum absolute atomic E-state index is 11.6. The van der Waals surface area contributed by atoms with Gasteiger partial charge in [-0.3, -0.25) is 4.79 Å². The second-order valence-corrected chi connectivity index (χ2v) is 4.47. The van der Waals surface area contributed by atoms with Crippen molar-refractivity contribution in [3.63, 3.8) is 0 Å². The van der Waals surface area contributed by atoms with E-state index in [1.165, 1.54) is 25.7 Å². The Hall–Kier alpha value is -0.590. The van der Waals surface area contributed by atoms with E-state index in [1.54, 1.807) is 0 Å². The molecule has 13 heavy (non-hydrogen) atoms.